The Morgan fingerprint density at radius 1 is 1.03 bits per heavy atom. The van der Waals surface area contributed by atoms with Crippen molar-refractivity contribution in [2.24, 2.45) is 0 Å². The van der Waals surface area contributed by atoms with Gasteiger partial charge in [-0.2, -0.15) is 13.2 Å². The van der Waals surface area contributed by atoms with Gasteiger partial charge < -0.3 is 20.0 Å². The van der Waals surface area contributed by atoms with E-state index in [0.29, 0.717) is 11.9 Å². The van der Waals surface area contributed by atoms with Gasteiger partial charge >= 0.3 is 18.1 Å². The highest BCUT2D eigenvalue weighted by Crippen LogP contribution is 2.28. The van der Waals surface area contributed by atoms with Crippen LogP contribution < -0.4 is 9.62 Å². The number of aromatic nitrogens is 1. The number of aromatic carboxylic acids is 1. The molecule has 0 atom stereocenters. The number of rotatable bonds is 6. The van der Waals surface area contributed by atoms with Gasteiger partial charge in [-0.1, -0.05) is 18.6 Å². The average molecular weight is 573 g/mol. The zero-order valence-corrected chi connectivity index (χ0v) is 22.1. The first-order chi connectivity index (χ1) is 18.3. The van der Waals surface area contributed by atoms with Crippen LogP contribution in [0.5, 0.6) is 0 Å². The van der Waals surface area contributed by atoms with E-state index in [0.717, 1.165) is 44.6 Å². The van der Waals surface area contributed by atoms with Gasteiger partial charge in [-0.3, -0.25) is 4.72 Å². The predicted molar refractivity (Wildman–Crippen MR) is 138 cm³/mol. The molecule has 3 N–H and O–H groups in total. The molecule has 0 bridgehead atoms. The number of likely N-dealkylation sites (tertiary alicyclic amines) is 1. The second-order valence-electron chi connectivity index (χ2n) is 9.44. The Bertz CT molecular complexity index is 1270. The first kappa shape index (κ1) is 30.2. The maximum atomic E-state index is 12.7. The molecule has 1 aromatic carbocycles. The van der Waals surface area contributed by atoms with Crippen LogP contribution in [0.25, 0.3) is 0 Å². The number of sulfonamides is 1. The summed E-state index contributed by atoms with van der Waals surface area (Å²) in [5.41, 5.74) is 0.960. The number of alkyl halides is 3. The van der Waals surface area contributed by atoms with Crippen molar-refractivity contribution in [2.45, 2.75) is 56.1 Å². The fourth-order valence-electron chi connectivity index (χ4n) is 4.65. The maximum Gasteiger partial charge on any atom is 0.490 e. The number of nitrogens with one attached hydrogen (secondary N) is 1. The number of carboxylic acids is 2. The van der Waals surface area contributed by atoms with Gasteiger partial charge in [0.05, 0.1) is 16.8 Å². The third kappa shape index (κ3) is 8.30. The molecule has 3 heterocycles. The number of benzene rings is 1. The number of halogens is 3. The number of aliphatic carboxylic acids is 1. The molecule has 214 valence electrons. The SMILES string of the molecule is Cc1cccc(S(=O)(=O)Nc2cnc(N3CCC(N4CCCCC4)CC3)c(C(=O)O)c2)c1.O=C(O)C(F)(F)F. The topological polar surface area (TPSA) is 140 Å². The number of anilines is 2. The summed E-state index contributed by atoms with van der Waals surface area (Å²) >= 11 is 0. The van der Waals surface area contributed by atoms with Crippen molar-refractivity contribution in [1.29, 1.82) is 0 Å². The molecule has 10 nitrogen and oxygen atoms in total. The summed E-state index contributed by atoms with van der Waals surface area (Å²) in [6.45, 7) is 5.59. The van der Waals surface area contributed by atoms with E-state index in [9.17, 15) is 31.5 Å². The summed E-state index contributed by atoms with van der Waals surface area (Å²) in [6, 6.07) is 8.44. The van der Waals surface area contributed by atoms with Crippen molar-refractivity contribution in [3.8, 4) is 0 Å². The van der Waals surface area contributed by atoms with Crippen molar-refractivity contribution in [3.05, 3.63) is 47.7 Å². The minimum Gasteiger partial charge on any atom is -0.478 e. The molecule has 4 rings (SSSR count). The number of nitrogens with zero attached hydrogens (tertiary/aromatic N) is 3. The third-order valence-corrected chi connectivity index (χ3v) is 7.94. The molecule has 0 unspecified atom stereocenters. The monoisotopic (exact) mass is 572 g/mol. The number of pyridine rings is 1. The Kier molecular flexibility index (Phi) is 9.78. The molecule has 2 aliphatic heterocycles. The molecule has 0 amide bonds. The molecule has 2 aliphatic rings. The number of hydrogen-bond donors (Lipinski definition) is 3. The minimum atomic E-state index is -5.08. The van der Waals surface area contributed by atoms with Gasteiger partial charge in [0.2, 0.25) is 0 Å². The van der Waals surface area contributed by atoms with E-state index in [4.69, 9.17) is 9.90 Å². The van der Waals surface area contributed by atoms with E-state index >= 15 is 0 Å². The third-order valence-electron chi connectivity index (χ3n) is 6.56. The molecule has 2 aromatic rings. The molecule has 2 fully saturated rings. The van der Waals surface area contributed by atoms with Crippen LogP contribution in [-0.2, 0) is 14.8 Å². The Morgan fingerprint density at radius 3 is 2.18 bits per heavy atom. The van der Waals surface area contributed by atoms with Crippen LogP contribution in [0, 0.1) is 6.92 Å². The van der Waals surface area contributed by atoms with Gasteiger partial charge in [-0.15, -0.1) is 0 Å². The normalized spacial score (nSPS) is 17.2. The summed E-state index contributed by atoms with van der Waals surface area (Å²) in [4.78, 5) is 29.9. The van der Waals surface area contributed by atoms with Crippen LogP contribution in [-0.4, -0.2) is 78.9 Å². The van der Waals surface area contributed by atoms with Gasteiger partial charge in [-0.25, -0.2) is 23.0 Å². The second-order valence-corrected chi connectivity index (χ2v) is 11.1. The highest BCUT2D eigenvalue weighted by Gasteiger charge is 2.38. The van der Waals surface area contributed by atoms with Crippen molar-refractivity contribution in [2.75, 3.05) is 35.8 Å². The van der Waals surface area contributed by atoms with Crippen LogP contribution in [0.3, 0.4) is 0 Å². The van der Waals surface area contributed by atoms with E-state index in [1.165, 1.54) is 37.6 Å². The molecule has 0 aliphatic carbocycles. The van der Waals surface area contributed by atoms with E-state index in [1.807, 2.05) is 17.9 Å². The Morgan fingerprint density at radius 2 is 1.64 bits per heavy atom. The minimum absolute atomic E-state index is 0.00543. The Labute approximate surface area is 224 Å². The van der Waals surface area contributed by atoms with E-state index in [1.54, 1.807) is 12.1 Å². The zero-order chi connectivity index (χ0) is 28.8. The highest BCUT2D eigenvalue weighted by molar-refractivity contribution is 7.92. The molecule has 0 spiro atoms. The number of aryl methyl sites for hydroxylation is 1. The first-order valence-electron chi connectivity index (χ1n) is 12.4. The van der Waals surface area contributed by atoms with Crippen molar-refractivity contribution >= 4 is 33.5 Å². The van der Waals surface area contributed by atoms with Gasteiger partial charge in [-0.05, 0) is 69.5 Å². The van der Waals surface area contributed by atoms with Gasteiger partial charge in [0.15, 0.2) is 0 Å². The first-order valence-corrected chi connectivity index (χ1v) is 13.9. The van der Waals surface area contributed by atoms with Crippen LogP contribution in [0.15, 0.2) is 41.4 Å². The van der Waals surface area contributed by atoms with Gasteiger partial charge in [0.25, 0.3) is 10.0 Å². The molecular formula is C25H31F3N4O6S. The smallest absolute Gasteiger partial charge is 0.478 e. The highest BCUT2D eigenvalue weighted by atomic mass is 32.2. The fourth-order valence-corrected chi connectivity index (χ4v) is 5.78. The van der Waals surface area contributed by atoms with Gasteiger partial charge in [0, 0.05) is 19.1 Å². The molecular weight excluding hydrogens is 541 g/mol. The van der Waals surface area contributed by atoms with Crippen LogP contribution in [0.1, 0.15) is 48.0 Å². The number of carboxylic acid groups (broad SMARTS) is 2. The molecule has 2 saturated heterocycles. The van der Waals surface area contributed by atoms with Crippen molar-refractivity contribution in [3.63, 3.8) is 0 Å². The second kappa shape index (κ2) is 12.6. The lowest BCUT2D eigenvalue weighted by atomic mass is 9.99. The Hall–Kier alpha value is -3.39. The largest absolute Gasteiger partial charge is 0.490 e. The molecule has 0 saturated carbocycles. The lowest BCUT2D eigenvalue weighted by molar-refractivity contribution is -0.192. The summed E-state index contributed by atoms with van der Waals surface area (Å²) in [7, 11) is -3.84. The van der Waals surface area contributed by atoms with E-state index in [-0.39, 0.29) is 16.1 Å². The molecule has 14 heteroatoms. The molecule has 39 heavy (non-hydrogen) atoms. The maximum absolute atomic E-state index is 12.7. The van der Waals surface area contributed by atoms with E-state index in [2.05, 4.69) is 14.6 Å². The summed E-state index contributed by atoms with van der Waals surface area (Å²) in [6.07, 6.45) is 2.08. The lowest BCUT2D eigenvalue weighted by Crippen LogP contribution is -2.47. The van der Waals surface area contributed by atoms with E-state index < -0.39 is 28.1 Å². The molecule has 1 aromatic heterocycles. The zero-order valence-electron chi connectivity index (χ0n) is 21.3. The number of hydrogen-bond acceptors (Lipinski definition) is 7. The average Bonchev–Trinajstić information content (AvgIpc) is 2.89. The predicted octanol–water partition coefficient (Wildman–Crippen LogP) is 3.98. The quantitative estimate of drug-likeness (QED) is 0.469. The summed E-state index contributed by atoms with van der Waals surface area (Å²) in [5, 5.41) is 16.9. The fraction of sp³-hybridized carbons (Fsp3) is 0.480. The van der Waals surface area contributed by atoms with Crippen molar-refractivity contribution in [1.82, 2.24) is 9.88 Å². The van der Waals surface area contributed by atoms with Crippen LogP contribution >= 0.6 is 0 Å². The molecule has 0 radical (unpaired) electrons. The number of carbonyl (C=O) groups is 2. The Balaban J connectivity index is 0.000000532. The van der Waals surface area contributed by atoms with Crippen LogP contribution in [0.4, 0.5) is 24.7 Å². The standard InChI is InChI=1S/C23H30N4O4S.C2HF3O2/c1-17-6-5-7-20(14-17)32(30,31)25-18-15-21(23(28)29)22(24-16-18)27-12-8-19(9-13-27)26-10-3-2-4-11-26;3-2(4,5)1(6)7/h5-7,14-16,19,25H,2-4,8-13H2,1H3,(H,28,29);(H,6,7). The lowest BCUT2D eigenvalue weighted by Gasteiger charge is -2.40. The summed E-state index contributed by atoms with van der Waals surface area (Å²) in [5.74, 6) is -3.48. The summed E-state index contributed by atoms with van der Waals surface area (Å²) < 4.78 is 59.6. The van der Waals surface area contributed by atoms with Gasteiger partial charge in [0.1, 0.15) is 11.4 Å². The van der Waals surface area contributed by atoms with Crippen LogP contribution in [0.2, 0.25) is 0 Å². The van der Waals surface area contributed by atoms with Crippen molar-refractivity contribution < 1.29 is 41.4 Å². The number of piperidine rings is 2.